The van der Waals surface area contributed by atoms with Crippen LogP contribution in [0.25, 0.3) is 31.3 Å². The molecule has 176 valence electrons. The molecular formula is C33H23N3S. The number of benzene rings is 5. The summed E-state index contributed by atoms with van der Waals surface area (Å²) in [5.74, 6) is 1.57. The van der Waals surface area contributed by atoms with E-state index in [1.807, 2.05) is 47.7 Å². The summed E-state index contributed by atoms with van der Waals surface area (Å²) in [6.07, 6.45) is -0.264. The first-order valence-corrected chi connectivity index (χ1v) is 13.2. The highest BCUT2D eigenvalue weighted by molar-refractivity contribution is 7.26. The molecule has 37 heavy (non-hydrogen) atoms. The molecule has 0 bridgehead atoms. The summed E-state index contributed by atoms with van der Waals surface area (Å²) in [6.45, 7) is 0. The molecule has 3 nitrogen and oxygen atoms in total. The molecule has 5 aromatic carbocycles. The van der Waals surface area contributed by atoms with Gasteiger partial charge in [0.05, 0.1) is 0 Å². The molecule has 0 radical (unpaired) electrons. The molecule has 1 atom stereocenters. The standard InChI is InChI=1S/C33H23N3S/c1-4-12-22(13-5-1)27-20-25(21-29-30(27)26-18-10-11-19-28(26)37-29)33-35-31(23-14-6-2-7-15-23)34-32(36-33)24-16-8-3-9-17-24/h1-21,33H,(H,34,35,36). The molecule has 1 aliphatic heterocycles. The minimum absolute atomic E-state index is 0.264. The van der Waals surface area contributed by atoms with E-state index in [0.717, 1.165) is 28.4 Å². The quantitative estimate of drug-likeness (QED) is 0.264. The monoisotopic (exact) mass is 493 g/mol. The Balaban J connectivity index is 1.44. The molecular weight excluding hydrogens is 470 g/mol. The van der Waals surface area contributed by atoms with Crippen LogP contribution in [0.2, 0.25) is 0 Å². The van der Waals surface area contributed by atoms with Crippen molar-refractivity contribution in [3.05, 3.63) is 144 Å². The topological polar surface area (TPSA) is 36.8 Å². The number of thiophene rings is 1. The minimum atomic E-state index is -0.264. The maximum atomic E-state index is 5.12. The third-order valence-corrected chi connectivity index (χ3v) is 7.84. The predicted octanol–water partition coefficient (Wildman–Crippen LogP) is 8.22. The van der Waals surface area contributed by atoms with E-state index in [2.05, 4.69) is 96.3 Å². The van der Waals surface area contributed by atoms with Crippen LogP contribution in [0.5, 0.6) is 0 Å². The molecule has 0 fully saturated rings. The number of amidine groups is 2. The lowest BCUT2D eigenvalue weighted by Gasteiger charge is -2.24. The minimum Gasteiger partial charge on any atom is -0.344 e. The Morgan fingerprint density at radius 3 is 1.95 bits per heavy atom. The predicted molar refractivity (Wildman–Crippen MR) is 157 cm³/mol. The van der Waals surface area contributed by atoms with Gasteiger partial charge in [-0.25, -0.2) is 9.98 Å². The van der Waals surface area contributed by atoms with E-state index < -0.39 is 0 Å². The highest BCUT2D eigenvalue weighted by atomic mass is 32.1. The summed E-state index contributed by atoms with van der Waals surface area (Å²) in [4.78, 5) is 10.1. The Bertz CT molecular complexity index is 1790. The molecule has 6 aromatic rings. The van der Waals surface area contributed by atoms with Crippen molar-refractivity contribution in [3.8, 4) is 11.1 Å². The van der Waals surface area contributed by atoms with E-state index in [-0.39, 0.29) is 6.17 Å². The van der Waals surface area contributed by atoms with E-state index >= 15 is 0 Å². The van der Waals surface area contributed by atoms with Crippen molar-refractivity contribution in [1.82, 2.24) is 5.32 Å². The Morgan fingerprint density at radius 2 is 1.22 bits per heavy atom. The van der Waals surface area contributed by atoms with E-state index in [9.17, 15) is 0 Å². The first kappa shape index (κ1) is 21.7. The normalized spacial score (nSPS) is 15.3. The molecule has 1 unspecified atom stereocenters. The van der Waals surface area contributed by atoms with Crippen LogP contribution >= 0.6 is 11.3 Å². The second-order valence-electron chi connectivity index (χ2n) is 9.10. The average molecular weight is 494 g/mol. The molecule has 1 N–H and O–H groups in total. The molecule has 0 aliphatic carbocycles. The van der Waals surface area contributed by atoms with Crippen molar-refractivity contribution >= 4 is 43.2 Å². The van der Waals surface area contributed by atoms with E-state index in [1.54, 1.807) is 0 Å². The van der Waals surface area contributed by atoms with Crippen molar-refractivity contribution in [2.75, 3.05) is 0 Å². The Kier molecular flexibility index (Phi) is 5.38. The van der Waals surface area contributed by atoms with Crippen LogP contribution in [-0.2, 0) is 0 Å². The van der Waals surface area contributed by atoms with Crippen LogP contribution in [0.4, 0.5) is 0 Å². The van der Waals surface area contributed by atoms with Crippen LogP contribution in [0.15, 0.2) is 137 Å². The molecule has 4 heteroatoms. The van der Waals surface area contributed by atoms with Gasteiger partial charge in [-0.1, -0.05) is 109 Å². The number of fused-ring (bicyclic) bond motifs is 3. The van der Waals surface area contributed by atoms with E-state index in [0.29, 0.717) is 0 Å². The van der Waals surface area contributed by atoms with Crippen molar-refractivity contribution < 1.29 is 0 Å². The molecule has 0 saturated carbocycles. The second kappa shape index (κ2) is 9.16. The van der Waals surface area contributed by atoms with Gasteiger partial charge in [0.25, 0.3) is 0 Å². The zero-order valence-corrected chi connectivity index (χ0v) is 20.8. The number of hydrogen-bond acceptors (Lipinski definition) is 4. The number of aliphatic imine (C=N–C) groups is 2. The summed E-state index contributed by atoms with van der Waals surface area (Å²) < 4.78 is 2.56. The molecule has 7 rings (SSSR count). The van der Waals surface area contributed by atoms with Gasteiger partial charge >= 0.3 is 0 Å². The summed E-state index contributed by atoms with van der Waals surface area (Å²) >= 11 is 1.84. The summed E-state index contributed by atoms with van der Waals surface area (Å²) in [5.41, 5.74) is 5.61. The number of rotatable bonds is 4. The SMILES string of the molecule is c1ccc(C2=NC(c3cc(-c4ccccc4)c4c(c3)sc3ccccc34)NC(c3ccccc3)=N2)cc1. The van der Waals surface area contributed by atoms with Gasteiger partial charge < -0.3 is 5.32 Å². The molecule has 0 spiro atoms. The van der Waals surface area contributed by atoms with Gasteiger partial charge in [0, 0.05) is 31.3 Å². The van der Waals surface area contributed by atoms with Crippen molar-refractivity contribution in [2.45, 2.75) is 6.17 Å². The Morgan fingerprint density at radius 1 is 0.595 bits per heavy atom. The molecule has 1 aliphatic rings. The smallest absolute Gasteiger partial charge is 0.159 e. The second-order valence-corrected chi connectivity index (χ2v) is 10.2. The fraction of sp³-hybridized carbons (Fsp3) is 0.0303. The third-order valence-electron chi connectivity index (χ3n) is 6.72. The van der Waals surface area contributed by atoms with E-state index in [4.69, 9.17) is 9.98 Å². The maximum absolute atomic E-state index is 5.12. The van der Waals surface area contributed by atoms with E-state index in [1.165, 1.54) is 31.3 Å². The van der Waals surface area contributed by atoms with Crippen LogP contribution in [0.1, 0.15) is 22.9 Å². The first-order chi connectivity index (χ1) is 18.3. The van der Waals surface area contributed by atoms with Crippen molar-refractivity contribution in [2.24, 2.45) is 9.98 Å². The number of nitrogens with zero attached hydrogens (tertiary/aromatic N) is 2. The van der Waals surface area contributed by atoms with Crippen LogP contribution in [0.3, 0.4) is 0 Å². The first-order valence-electron chi connectivity index (χ1n) is 12.4. The zero-order valence-electron chi connectivity index (χ0n) is 20.0. The highest BCUT2D eigenvalue weighted by Crippen LogP contribution is 2.42. The summed E-state index contributed by atoms with van der Waals surface area (Å²) in [7, 11) is 0. The van der Waals surface area contributed by atoms with Crippen LogP contribution < -0.4 is 5.32 Å². The fourth-order valence-electron chi connectivity index (χ4n) is 4.96. The lowest BCUT2D eigenvalue weighted by Crippen LogP contribution is -2.33. The van der Waals surface area contributed by atoms with Gasteiger partial charge in [-0.05, 0) is 34.9 Å². The van der Waals surface area contributed by atoms with Crippen molar-refractivity contribution in [1.29, 1.82) is 0 Å². The van der Waals surface area contributed by atoms with Gasteiger partial charge in [-0.2, -0.15) is 0 Å². The lowest BCUT2D eigenvalue weighted by atomic mass is 9.96. The summed E-state index contributed by atoms with van der Waals surface area (Å²) in [6, 6.07) is 44.4. The van der Waals surface area contributed by atoms with Gasteiger partial charge in [0.1, 0.15) is 12.0 Å². The van der Waals surface area contributed by atoms with Crippen LogP contribution in [0, 0.1) is 0 Å². The Labute approximate surface area is 219 Å². The lowest BCUT2D eigenvalue weighted by molar-refractivity contribution is 0.675. The summed E-state index contributed by atoms with van der Waals surface area (Å²) in [5, 5.41) is 6.23. The zero-order chi connectivity index (χ0) is 24.6. The third kappa shape index (κ3) is 4.02. The molecule has 0 amide bonds. The van der Waals surface area contributed by atoms with Gasteiger partial charge in [0.2, 0.25) is 0 Å². The molecule has 0 saturated heterocycles. The Hall–Kier alpha value is -4.54. The average Bonchev–Trinajstić information content (AvgIpc) is 3.36. The van der Waals surface area contributed by atoms with Gasteiger partial charge in [0.15, 0.2) is 5.84 Å². The van der Waals surface area contributed by atoms with Gasteiger partial charge in [-0.15, -0.1) is 11.3 Å². The molecule has 1 aromatic heterocycles. The fourth-order valence-corrected chi connectivity index (χ4v) is 6.14. The van der Waals surface area contributed by atoms with Crippen LogP contribution in [-0.4, -0.2) is 11.7 Å². The number of hydrogen-bond donors (Lipinski definition) is 1. The number of nitrogens with one attached hydrogen (secondary N) is 1. The van der Waals surface area contributed by atoms with Gasteiger partial charge in [-0.3, -0.25) is 0 Å². The van der Waals surface area contributed by atoms with Crippen molar-refractivity contribution in [3.63, 3.8) is 0 Å². The maximum Gasteiger partial charge on any atom is 0.159 e. The largest absolute Gasteiger partial charge is 0.344 e. The molecule has 2 heterocycles. The highest BCUT2D eigenvalue weighted by Gasteiger charge is 2.23.